The van der Waals surface area contributed by atoms with E-state index in [1.165, 1.54) is 5.56 Å². The van der Waals surface area contributed by atoms with E-state index in [9.17, 15) is 4.79 Å². The van der Waals surface area contributed by atoms with Crippen LogP contribution in [0, 0.1) is 0 Å². The van der Waals surface area contributed by atoms with Crippen LogP contribution in [0.3, 0.4) is 0 Å². The largest absolute Gasteiger partial charge is 0.482 e. The third kappa shape index (κ3) is 4.73. The highest BCUT2D eigenvalue weighted by molar-refractivity contribution is 7.07. The molecule has 0 spiro atoms. The summed E-state index contributed by atoms with van der Waals surface area (Å²) >= 11 is 7.63. The van der Waals surface area contributed by atoms with Crippen molar-refractivity contribution in [3.05, 3.63) is 51.7 Å². The summed E-state index contributed by atoms with van der Waals surface area (Å²) in [7, 11) is 3.99. The van der Waals surface area contributed by atoms with Crippen LogP contribution < -0.4 is 10.1 Å². The summed E-state index contributed by atoms with van der Waals surface area (Å²) in [6.45, 7) is 0.488. The number of halogens is 1. The summed E-state index contributed by atoms with van der Waals surface area (Å²) in [4.78, 5) is 14.0. The number of amides is 1. The zero-order chi connectivity index (χ0) is 15.9. The summed E-state index contributed by atoms with van der Waals surface area (Å²) < 4.78 is 5.43. The van der Waals surface area contributed by atoms with Crippen molar-refractivity contribution in [3.8, 4) is 5.75 Å². The third-order valence-corrected chi connectivity index (χ3v) is 4.25. The zero-order valence-corrected chi connectivity index (χ0v) is 14.2. The molecule has 2 rings (SSSR count). The SMILES string of the molecule is CN(C)C(CNC(=O)COc1ccccc1Cl)c1ccsc1. The van der Waals surface area contributed by atoms with E-state index >= 15 is 0 Å². The number of ether oxygens (including phenoxy) is 1. The third-order valence-electron chi connectivity index (χ3n) is 3.24. The van der Waals surface area contributed by atoms with Crippen LogP contribution in [0.25, 0.3) is 0 Å². The number of nitrogens with zero attached hydrogens (tertiary/aromatic N) is 1. The van der Waals surface area contributed by atoms with Crippen LogP contribution in [-0.4, -0.2) is 38.1 Å². The average Bonchev–Trinajstić information content (AvgIpc) is 3.00. The van der Waals surface area contributed by atoms with E-state index < -0.39 is 0 Å². The molecule has 1 aromatic carbocycles. The lowest BCUT2D eigenvalue weighted by molar-refractivity contribution is -0.123. The van der Waals surface area contributed by atoms with Gasteiger partial charge < -0.3 is 15.0 Å². The van der Waals surface area contributed by atoms with Crippen molar-refractivity contribution in [2.75, 3.05) is 27.2 Å². The summed E-state index contributed by atoms with van der Waals surface area (Å²) in [5.74, 6) is 0.350. The second kappa shape index (κ2) is 8.17. The first-order chi connectivity index (χ1) is 10.6. The zero-order valence-electron chi connectivity index (χ0n) is 12.6. The van der Waals surface area contributed by atoms with Crippen LogP contribution in [0.2, 0.25) is 5.02 Å². The number of benzene rings is 1. The molecule has 0 bridgehead atoms. The van der Waals surface area contributed by atoms with Gasteiger partial charge in [0.15, 0.2) is 6.61 Å². The molecule has 4 nitrogen and oxygen atoms in total. The first-order valence-electron chi connectivity index (χ1n) is 6.90. The number of rotatable bonds is 7. The lowest BCUT2D eigenvalue weighted by Crippen LogP contribution is -2.36. The highest BCUT2D eigenvalue weighted by Gasteiger charge is 2.15. The topological polar surface area (TPSA) is 41.6 Å². The van der Waals surface area contributed by atoms with Crippen LogP contribution in [0.5, 0.6) is 5.75 Å². The standard InChI is InChI=1S/C16H19ClN2O2S/c1-19(2)14(12-7-8-22-11-12)9-18-16(20)10-21-15-6-4-3-5-13(15)17/h3-8,11,14H,9-10H2,1-2H3,(H,18,20). The average molecular weight is 339 g/mol. The van der Waals surface area contributed by atoms with Gasteiger partial charge in [0.25, 0.3) is 5.91 Å². The molecule has 0 fully saturated rings. The maximum Gasteiger partial charge on any atom is 0.258 e. The van der Waals surface area contributed by atoms with Gasteiger partial charge >= 0.3 is 0 Å². The predicted molar refractivity (Wildman–Crippen MR) is 90.7 cm³/mol. The Morgan fingerprint density at radius 3 is 2.77 bits per heavy atom. The van der Waals surface area contributed by atoms with Crippen molar-refractivity contribution in [2.45, 2.75) is 6.04 Å². The smallest absolute Gasteiger partial charge is 0.258 e. The van der Waals surface area contributed by atoms with Crippen molar-refractivity contribution in [1.29, 1.82) is 0 Å². The molecule has 22 heavy (non-hydrogen) atoms. The Bertz CT molecular complexity index is 602. The van der Waals surface area contributed by atoms with Crippen molar-refractivity contribution in [3.63, 3.8) is 0 Å². The summed E-state index contributed by atoms with van der Waals surface area (Å²) in [6, 6.07) is 9.32. The van der Waals surface area contributed by atoms with E-state index in [2.05, 4.69) is 21.7 Å². The number of thiophene rings is 1. The van der Waals surface area contributed by atoms with Crippen LogP contribution >= 0.6 is 22.9 Å². The number of nitrogens with one attached hydrogen (secondary N) is 1. The molecule has 118 valence electrons. The minimum atomic E-state index is -0.165. The number of likely N-dealkylation sites (N-methyl/N-ethyl adjacent to an activating group) is 1. The van der Waals surface area contributed by atoms with Gasteiger partial charge in [-0.1, -0.05) is 23.7 Å². The molecule has 0 saturated heterocycles. The fourth-order valence-corrected chi connectivity index (χ4v) is 2.93. The second-order valence-electron chi connectivity index (χ2n) is 5.06. The van der Waals surface area contributed by atoms with Gasteiger partial charge in [-0.3, -0.25) is 4.79 Å². The van der Waals surface area contributed by atoms with E-state index in [0.717, 1.165) is 0 Å². The first-order valence-corrected chi connectivity index (χ1v) is 8.22. The minimum Gasteiger partial charge on any atom is -0.482 e. The Balaban J connectivity index is 1.83. The summed E-state index contributed by atoms with van der Waals surface area (Å²) in [5.41, 5.74) is 1.20. The van der Waals surface area contributed by atoms with Gasteiger partial charge in [-0.2, -0.15) is 11.3 Å². The van der Waals surface area contributed by atoms with Gasteiger partial charge in [-0.05, 0) is 48.6 Å². The molecular formula is C16H19ClN2O2S. The number of hydrogen-bond acceptors (Lipinski definition) is 4. The Hall–Kier alpha value is -1.56. The Morgan fingerprint density at radius 1 is 1.36 bits per heavy atom. The van der Waals surface area contributed by atoms with E-state index in [1.807, 2.05) is 31.6 Å². The van der Waals surface area contributed by atoms with Crippen molar-refractivity contribution in [2.24, 2.45) is 0 Å². The molecule has 1 amide bonds. The van der Waals surface area contributed by atoms with Gasteiger partial charge in [-0.15, -0.1) is 0 Å². The molecule has 1 unspecified atom stereocenters. The number of para-hydroxylation sites is 1. The number of carbonyl (C=O) groups is 1. The van der Waals surface area contributed by atoms with Crippen molar-refractivity contribution in [1.82, 2.24) is 10.2 Å². The summed E-state index contributed by atoms with van der Waals surface area (Å²) in [6.07, 6.45) is 0. The molecule has 2 aromatic rings. The molecule has 0 aliphatic carbocycles. The fraction of sp³-hybridized carbons (Fsp3) is 0.312. The quantitative estimate of drug-likeness (QED) is 0.843. The van der Waals surface area contributed by atoms with Crippen LogP contribution in [0.15, 0.2) is 41.1 Å². The predicted octanol–water partition coefficient (Wildman–Crippen LogP) is 3.20. The van der Waals surface area contributed by atoms with Gasteiger partial charge in [-0.25, -0.2) is 0 Å². The summed E-state index contributed by atoms with van der Waals surface area (Å²) in [5, 5.41) is 7.53. The molecule has 0 saturated carbocycles. The van der Waals surface area contributed by atoms with Gasteiger partial charge in [0.2, 0.25) is 0 Å². The molecule has 1 atom stereocenters. The molecule has 1 heterocycles. The van der Waals surface area contributed by atoms with Crippen LogP contribution in [0.4, 0.5) is 0 Å². The Morgan fingerprint density at radius 2 is 2.14 bits per heavy atom. The first kappa shape index (κ1) is 16.8. The number of carbonyl (C=O) groups excluding carboxylic acids is 1. The second-order valence-corrected chi connectivity index (χ2v) is 6.25. The molecule has 0 aliphatic heterocycles. The maximum atomic E-state index is 11.9. The van der Waals surface area contributed by atoms with Gasteiger partial charge in [0.05, 0.1) is 11.1 Å². The normalized spacial score (nSPS) is 12.2. The highest BCUT2D eigenvalue weighted by Crippen LogP contribution is 2.23. The van der Waals surface area contributed by atoms with E-state index in [0.29, 0.717) is 17.3 Å². The lowest BCUT2D eigenvalue weighted by Gasteiger charge is -2.24. The van der Waals surface area contributed by atoms with Gasteiger partial charge in [0, 0.05) is 6.54 Å². The monoisotopic (exact) mass is 338 g/mol. The van der Waals surface area contributed by atoms with E-state index in [4.69, 9.17) is 16.3 Å². The van der Waals surface area contributed by atoms with Gasteiger partial charge in [0.1, 0.15) is 5.75 Å². The molecule has 1 N–H and O–H groups in total. The van der Waals surface area contributed by atoms with Crippen LogP contribution in [0.1, 0.15) is 11.6 Å². The lowest BCUT2D eigenvalue weighted by atomic mass is 10.1. The van der Waals surface area contributed by atoms with E-state index in [1.54, 1.807) is 23.5 Å². The Kier molecular flexibility index (Phi) is 6.24. The fourth-order valence-electron chi connectivity index (χ4n) is 2.03. The molecule has 6 heteroatoms. The molecule has 0 aliphatic rings. The van der Waals surface area contributed by atoms with Crippen molar-refractivity contribution >= 4 is 28.8 Å². The maximum absolute atomic E-state index is 11.9. The highest BCUT2D eigenvalue weighted by atomic mass is 35.5. The molecular weight excluding hydrogens is 320 g/mol. The van der Waals surface area contributed by atoms with E-state index in [-0.39, 0.29) is 18.6 Å². The Labute approximate surface area is 139 Å². The van der Waals surface area contributed by atoms with Crippen molar-refractivity contribution < 1.29 is 9.53 Å². The molecule has 0 radical (unpaired) electrons. The molecule has 1 aromatic heterocycles. The van der Waals surface area contributed by atoms with Crippen LogP contribution in [-0.2, 0) is 4.79 Å². The number of hydrogen-bond donors (Lipinski definition) is 1. The minimum absolute atomic E-state index is 0.0481.